The van der Waals surface area contributed by atoms with Crippen molar-refractivity contribution in [3.63, 3.8) is 0 Å². The van der Waals surface area contributed by atoms with Crippen LogP contribution in [0.25, 0.3) is 17.0 Å². The van der Waals surface area contributed by atoms with E-state index in [-0.39, 0.29) is 0 Å². The SMILES string of the molecule is C=C/C=C\c1c(C)n(C)c2cccc(C)c12. The molecule has 0 unspecified atom stereocenters. The molecule has 0 saturated heterocycles. The van der Waals surface area contributed by atoms with Crippen molar-refractivity contribution in [3.05, 3.63) is 53.8 Å². The van der Waals surface area contributed by atoms with Crippen LogP contribution in [0.4, 0.5) is 0 Å². The molecule has 0 atom stereocenters. The van der Waals surface area contributed by atoms with E-state index < -0.39 is 0 Å². The second-order valence-electron chi connectivity index (χ2n) is 4.12. The standard InChI is InChI=1S/C15H17N/c1-5-6-9-13-12(3)16(4)14-10-7-8-11(2)15(13)14/h5-10H,1H2,2-4H3/b9-6-. The minimum atomic E-state index is 1.29. The Balaban J connectivity index is 2.86. The van der Waals surface area contributed by atoms with E-state index in [0.29, 0.717) is 0 Å². The van der Waals surface area contributed by atoms with Crippen LogP contribution in [-0.2, 0) is 7.05 Å². The first-order valence-electron chi connectivity index (χ1n) is 5.50. The highest BCUT2D eigenvalue weighted by molar-refractivity contribution is 5.93. The summed E-state index contributed by atoms with van der Waals surface area (Å²) in [5, 5.41) is 1.35. The fraction of sp³-hybridized carbons (Fsp3) is 0.200. The fourth-order valence-corrected chi connectivity index (χ4v) is 2.19. The summed E-state index contributed by atoms with van der Waals surface area (Å²) >= 11 is 0. The third-order valence-electron chi connectivity index (χ3n) is 3.17. The Bertz CT molecular complexity index is 571. The number of nitrogens with zero attached hydrogens (tertiary/aromatic N) is 1. The smallest absolute Gasteiger partial charge is 0.0488 e. The number of aryl methyl sites for hydroxylation is 2. The molecule has 0 radical (unpaired) electrons. The van der Waals surface area contributed by atoms with Gasteiger partial charge in [0.2, 0.25) is 0 Å². The topological polar surface area (TPSA) is 4.93 Å². The summed E-state index contributed by atoms with van der Waals surface area (Å²) < 4.78 is 2.24. The van der Waals surface area contributed by atoms with Crippen LogP contribution in [0, 0.1) is 13.8 Å². The summed E-state index contributed by atoms with van der Waals surface area (Å²) in [5.41, 5.74) is 5.21. The highest BCUT2D eigenvalue weighted by atomic mass is 14.9. The summed E-state index contributed by atoms with van der Waals surface area (Å²) in [6.45, 7) is 8.04. The molecule has 1 aromatic carbocycles. The number of aromatic nitrogens is 1. The first-order valence-corrected chi connectivity index (χ1v) is 5.50. The lowest BCUT2D eigenvalue weighted by Crippen LogP contribution is -1.89. The molecule has 1 heteroatoms. The number of allylic oxidation sites excluding steroid dienone is 2. The Labute approximate surface area is 96.7 Å². The second-order valence-corrected chi connectivity index (χ2v) is 4.12. The van der Waals surface area contributed by atoms with Crippen LogP contribution in [-0.4, -0.2) is 4.57 Å². The summed E-state index contributed by atoms with van der Waals surface area (Å²) in [4.78, 5) is 0. The van der Waals surface area contributed by atoms with Gasteiger partial charge >= 0.3 is 0 Å². The Morgan fingerprint density at radius 2 is 2.00 bits per heavy atom. The molecule has 1 heterocycles. The molecule has 0 fully saturated rings. The lowest BCUT2D eigenvalue weighted by Gasteiger charge is -1.98. The van der Waals surface area contributed by atoms with Crippen molar-refractivity contribution in [2.75, 3.05) is 0 Å². The monoisotopic (exact) mass is 211 g/mol. The maximum Gasteiger partial charge on any atom is 0.0488 e. The lowest BCUT2D eigenvalue weighted by atomic mass is 10.1. The molecule has 0 aliphatic rings. The van der Waals surface area contributed by atoms with Crippen LogP contribution in [0.15, 0.2) is 36.9 Å². The summed E-state index contributed by atoms with van der Waals surface area (Å²) in [5.74, 6) is 0. The number of rotatable bonds is 2. The van der Waals surface area contributed by atoms with Crippen molar-refractivity contribution < 1.29 is 0 Å². The van der Waals surface area contributed by atoms with Crippen molar-refractivity contribution in [2.45, 2.75) is 13.8 Å². The molecule has 1 nitrogen and oxygen atoms in total. The molecular weight excluding hydrogens is 194 g/mol. The Morgan fingerprint density at radius 3 is 2.69 bits per heavy atom. The van der Waals surface area contributed by atoms with Gasteiger partial charge < -0.3 is 4.57 Å². The molecule has 0 aliphatic heterocycles. The van der Waals surface area contributed by atoms with Crippen LogP contribution in [0.1, 0.15) is 16.8 Å². The fourth-order valence-electron chi connectivity index (χ4n) is 2.19. The number of hydrogen-bond acceptors (Lipinski definition) is 0. The van der Waals surface area contributed by atoms with E-state index in [2.05, 4.69) is 56.3 Å². The molecule has 0 spiro atoms. The molecular formula is C15H17N. The van der Waals surface area contributed by atoms with Gasteiger partial charge in [-0.1, -0.05) is 36.9 Å². The van der Waals surface area contributed by atoms with Gasteiger partial charge in [-0.2, -0.15) is 0 Å². The zero-order valence-corrected chi connectivity index (χ0v) is 10.1. The molecule has 82 valence electrons. The highest BCUT2D eigenvalue weighted by Gasteiger charge is 2.10. The third kappa shape index (κ3) is 1.49. The van der Waals surface area contributed by atoms with E-state index in [1.54, 1.807) is 0 Å². The van der Waals surface area contributed by atoms with Gasteiger partial charge in [-0.3, -0.25) is 0 Å². The van der Waals surface area contributed by atoms with E-state index in [9.17, 15) is 0 Å². The van der Waals surface area contributed by atoms with E-state index in [1.165, 1.54) is 27.7 Å². The van der Waals surface area contributed by atoms with Gasteiger partial charge in [-0.25, -0.2) is 0 Å². The molecule has 2 aromatic rings. The normalized spacial score (nSPS) is 11.4. The molecule has 0 aliphatic carbocycles. The van der Waals surface area contributed by atoms with E-state index in [1.807, 2.05) is 12.2 Å². The average molecular weight is 211 g/mol. The van der Waals surface area contributed by atoms with Crippen molar-refractivity contribution >= 4 is 17.0 Å². The van der Waals surface area contributed by atoms with Gasteiger partial charge in [0.25, 0.3) is 0 Å². The van der Waals surface area contributed by atoms with Crippen LogP contribution >= 0.6 is 0 Å². The van der Waals surface area contributed by atoms with Crippen LogP contribution in [0.5, 0.6) is 0 Å². The molecule has 0 bridgehead atoms. The summed E-state index contributed by atoms with van der Waals surface area (Å²) in [7, 11) is 2.11. The van der Waals surface area contributed by atoms with Crippen LogP contribution in [0.3, 0.4) is 0 Å². The van der Waals surface area contributed by atoms with Crippen molar-refractivity contribution in [1.29, 1.82) is 0 Å². The Morgan fingerprint density at radius 1 is 1.25 bits per heavy atom. The van der Waals surface area contributed by atoms with E-state index in [4.69, 9.17) is 0 Å². The average Bonchev–Trinajstić information content (AvgIpc) is 2.52. The van der Waals surface area contributed by atoms with E-state index in [0.717, 1.165) is 0 Å². The first kappa shape index (κ1) is 10.7. The minimum absolute atomic E-state index is 1.29. The maximum atomic E-state index is 3.72. The molecule has 0 N–H and O–H groups in total. The minimum Gasteiger partial charge on any atom is -0.347 e. The van der Waals surface area contributed by atoms with Crippen molar-refractivity contribution in [1.82, 2.24) is 4.57 Å². The van der Waals surface area contributed by atoms with Gasteiger partial charge in [-0.05, 0) is 25.5 Å². The quantitative estimate of drug-likeness (QED) is 0.662. The first-order chi connectivity index (χ1) is 7.66. The van der Waals surface area contributed by atoms with Crippen molar-refractivity contribution in [3.8, 4) is 0 Å². The molecule has 0 saturated carbocycles. The van der Waals surface area contributed by atoms with Gasteiger partial charge in [0.15, 0.2) is 0 Å². The van der Waals surface area contributed by atoms with Gasteiger partial charge in [0.1, 0.15) is 0 Å². The zero-order chi connectivity index (χ0) is 11.7. The molecule has 0 amide bonds. The third-order valence-corrected chi connectivity index (χ3v) is 3.17. The highest BCUT2D eigenvalue weighted by Crippen LogP contribution is 2.28. The number of hydrogen-bond donors (Lipinski definition) is 0. The summed E-state index contributed by atoms with van der Waals surface area (Å²) in [6, 6.07) is 6.44. The lowest BCUT2D eigenvalue weighted by molar-refractivity contribution is 0.916. The predicted molar refractivity (Wildman–Crippen MR) is 71.6 cm³/mol. The predicted octanol–water partition coefficient (Wildman–Crippen LogP) is 3.99. The van der Waals surface area contributed by atoms with Gasteiger partial charge in [0, 0.05) is 29.2 Å². The zero-order valence-electron chi connectivity index (χ0n) is 10.1. The second kappa shape index (κ2) is 4.01. The maximum absolute atomic E-state index is 3.72. The Kier molecular flexibility index (Phi) is 2.69. The van der Waals surface area contributed by atoms with Crippen LogP contribution < -0.4 is 0 Å². The molecule has 2 rings (SSSR count). The molecule has 16 heavy (non-hydrogen) atoms. The number of benzene rings is 1. The van der Waals surface area contributed by atoms with Crippen LogP contribution in [0.2, 0.25) is 0 Å². The molecule has 1 aromatic heterocycles. The van der Waals surface area contributed by atoms with E-state index >= 15 is 0 Å². The summed E-state index contributed by atoms with van der Waals surface area (Å²) in [6.07, 6.45) is 5.95. The van der Waals surface area contributed by atoms with Gasteiger partial charge in [-0.15, -0.1) is 0 Å². The Hall–Kier alpha value is -1.76. The van der Waals surface area contributed by atoms with Crippen molar-refractivity contribution in [2.24, 2.45) is 7.05 Å². The van der Waals surface area contributed by atoms with Gasteiger partial charge in [0.05, 0.1) is 0 Å². The number of fused-ring (bicyclic) bond motifs is 1. The largest absolute Gasteiger partial charge is 0.347 e.